The van der Waals surface area contributed by atoms with Crippen molar-refractivity contribution in [3.8, 4) is 0 Å². The third-order valence-electron chi connectivity index (χ3n) is 4.74. The predicted molar refractivity (Wildman–Crippen MR) is 92.9 cm³/mol. The van der Waals surface area contributed by atoms with Crippen LogP contribution in [0.2, 0.25) is 0 Å². The number of rotatable bonds is 5. The second-order valence-corrected chi connectivity index (χ2v) is 6.23. The van der Waals surface area contributed by atoms with Crippen LogP contribution in [0.1, 0.15) is 35.0 Å². The average Bonchev–Trinajstić information content (AvgIpc) is 3.36. The highest BCUT2D eigenvalue weighted by Crippen LogP contribution is 2.25. The van der Waals surface area contributed by atoms with E-state index >= 15 is 0 Å². The number of fused-ring (bicyclic) bond motifs is 1. The highest BCUT2D eigenvalue weighted by atomic mass is 16.3. The van der Waals surface area contributed by atoms with Crippen molar-refractivity contribution >= 4 is 16.8 Å². The summed E-state index contributed by atoms with van der Waals surface area (Å²) in [6, 6.07) is 11.8. The lowest BCUT2D eigenvalue weighted by atomic mass is 10.1. The molecule has 24 heavy (non-hydrogen) atoms. The van der Waals surface area contributed by atoms with Gasteiger partial charge >= 0.3 is 0 Å². The Labute approximate surface area is 140 Å². The summed E-state index contributed by atoms with van der Waals surface area (Å²) in [7, 11) is 0. The molecule has 1 fully saturated rings. The highest BCUT2D eigenvalue weighted by molar-refractivity contribution is 6.06. The van der Waals surface area contributed by atoms with Crippen molar-refractivity contribution in [1.82, 2.24) is 15.2 Å². The smallest absolute Gasteiger partial charge is 0.253 e. The number of aromatic amines is 1. The van der Waals surface area contributed by atoms with Crippen LogP contribution < -0.4 is 5.32 Å². The first-order valence-electron chi connectivity index (χ1n) is 8.45. The molecule has 5 nitrogen and oxygen atoms in total. The Hall–Kier alpha value is -2.53. The SMILES string of the molecule is O=C(NCC(c1ccco1)N1CCCC1)c1c[nH]c2ccccc12. The van der Waals surface area contributed by atoms with E-state index in [1.54, 1.807) is 12.5 Å². The monoisotopic (exact) mass is 323 g/mol. The third-order valence-corrected chi connectivity index (χ3v) is 4.74. The minimum Gasteiger partial charge on any atom is -0.468 e. The third kappa shape index (κ3) is 2.83. The predicted octanol–water partition coefficient (Wildman–Crippen LogP) is 3.33. The normalized spacial score (nSPS) is 16.5. The molecule has 0 spiro atoms. The van der Waals surface area contributed by atoms with E-state index in [2.05, 4.69) is 15.2 Å². The first-order chi connectivity index (χ1) is 11.8. The molecule has 4 rings (SSSR count). The minimum absolute atomic E-state index is 0.0526. The lowest BCUT2D eigenvalue weighted by molar-refractivity contribution is 0.0935. The van der Waals surface area contributed by atoms with E-state index in [1.165, 1.54) is 12.8 Å². The van der Waals surface area contributed by atoms with Crippen molar-refractivity contribution in [2.24, 2.45) is 0 Å². The molecule has 1 amide bonds. The molecule has 0 bridgehead atoms. The molecule has 1 aliphatic rings. The van der Waals surface area contributed by atoms with E-state index in [9.17, 15) is 4.79 Å². The van der Waals surface area contributed by atoms with Gasteiger partial charge in [-0.3, -0.25) is 9.69 Å². The number of amides is 1. The molecule has 5 heteroatoms. The summed E-state index contributed by atoms with van der Waals surface area (Å²) in [6.45, 7) is 2.65. The van der Waals surface area contributed by atoms with E-state index in [4.69, 9.17) is 4.42 Å². The number of carbonyl (C=O) groups excluding carboxylic acids is 1. The van der Waals surface area contributed by atoms with Crippen molar-refractivity contribution in [2.45, 2.75) is 18.9 Å². The van der Waals surface area contributed by atoms with Crippen LogP contribution in [0.5, 0.6) is 0 Å². The number of nitrogens with one attached hydrogen (secondary N) is 2. The van der Waals surface area contributed by atoms with Gasteiger partial charge in [0.2, 0.25) is 0 Å². The number of nitrogens with zero attached hydrogens (tertiary/aromatic N) is 1. The van der Waals surface area contributed by atoms with Gasteiger partial charge in [0.15, 0.2) is 0 Å². The summed E-state index contributed by atoms with van der Waals surface area (Å²) < 4.78 is 5.60. The van der Waals surface area contributed by atoms with Gasteiger partial charge in [0.1, 0.15) is 5.76 Å². The van der Waals surface area contributed by atoms with Crippen molar-refractivity contribution in [3.05, 3.63) is 60.2 Å². The molecule has 1 atom stereocenters. The molecule has 2 N–H and O–H groups in total. The van der Waals surface area contributed by atoms with E-state index in [1.807, 2.05) is 36.4 Å². The number of para-hydroxylation sites is 1. The van der Waals surface area contributed by atoms with Crippen LogP contribution in [0.3, 0.4) is 0 Å². The van der Waals surface area contributed by atoms with Crippen LogP contribution in [0.15, 0.2) is 53.3 Å². The summed E-state index contributed by atoms with van der Waals surface area (Å²) >= 11 is 0. The number of hydrogen-bond donors (Lipinski definition) is 2. The molecule has 0 aliphatic carbocycles. The molecular weight excluding hydrogens is 302 g/mol. The quantitative estimate of drug-likeness (QED) is 0.757. The molecule has 2 aromatic heterocycles. The van der Waals surface area contributed by atoms with E-state index in [-0.39, 0.29) is 11.9 Å². The summed E-state index contributed by atoms with van der Waals surface area (Å²) in [5, 5.41) is 4.03. The summed E-state index contributed by atoms with van der Waals surface area (Å²) in [4.78, 5) is 18.2. The van der Waals surface area contributed by atoms with Crippen molar-refractivity contribution in [3.63, 3.8) is 0 Å². The standard InChI is InChI=1S/C19H21N3O2/c23-19(15-12-20-16-7-2-1-6-14(15)16)21-13-17(18-8-5-11-24-18)22-9-3-4-10-22/h1-2,5-8,11-12,17,20H,3-4,9-10,13H2,(H,21,23). The fraction of sp³-hybridized carbons (Fsp3) is 0.316. The van der Waals surface area contributed by atoms with Gasteiger partial charge < -0.3 is 14.7 Å². The number of carbonyl (C=O) groups is 1. The number of furan rings is 1. The van der Waals surface area contributed by atoms with Gasteiger partial charge in [-0.2, -0.15) is 0 Å². The number of aromatic nitrogens is 1. The van der Waals surface area contributed by atoms with Gasteiger partial charge in [-0.05, 0) is 44.1 Å². The van der Waals surface area contributed by atoms with Crippen LogP contribution >= 0.6 is 0 Å². The first-order valence-corrected chi connectivity index (χ1v) is 8.45. The second kappa shape index (κ2) is 6.53. The van der Waals surface area contributed by atoms with Crippen LogP contribution in [0, 0.1) is 0 Å². The summed E-state index contributed by atoms with van der Waals surface area (Å²) in [5.41, 5.74) is 1.66. The minimum atomic E-state index is -0.0526. The van der Waals surface area contributed by atoms with E-state index in [0.717, 1.165) is 29.8 Å². The van der Waals surface area contributed by atoms with E-state index < -0.39 is 0 Å². The Bertz CT molecular complexity index is 816. The Kier molecular flexibility index (Phi) is 4.09. The Balaban J connectivity index is 1.50. The second-order valence-electron chi connectivity index (χ2n) is 6.23. The van der Waals surface area contributed by atoms with E-state index in [0.29, 0.717) is 12.1 Å². The van der Waals surface area contributed by atoms with Gasteiger partial charge in [0.25, 0.3) is 5.91 Å². The molecule has 124 valence electrons. The zero-order chi connectivity index (χ0) is 16.4. The lowest BCUT2D eigenvalue weighted by Crippen LogP contribution is -2.36. The molecule has 0 saturated carbocycles. The maximum absolute atomic E-state index is 12.6. The molecule has 3 heterocycles. The number of benzene rings is 1. The van der Waals surface area contributed by atoms with Crippen LogP contribution in [-0.2, 0) is 0 Å². The number of hydrogen-bond acceptors (Lipinski definition) is 3. The van der Waals surface area contributed by atoms with Crippen molar-refractivity contribution in [2.75, 3.05) is 19.6 Å². The largest absolute Gasteiger partial charge is 0.468 e. The summed E-state index contributed by atoms with van der Waals surface area (Å²) in [5.74, 6) is 0.860. The van der Waals surface area contributed by atoms with Crippen molar-refractivity contribution in [1.29, 1.82) is 0 Å². The van der Waals surface area contributed by atoms with Gasteiger partial charge in [0.05, 0.1) is 17.9 Å². The number of likely N-dealkylation sites (tertiary alicyclic amines) is 1. The molecule has 1 aliphatic heterocycles. The Morgan fingerprint density at radius 1 is 1.21 bits per heavy atom. The molecule has 1 unspecified atom stereocenters. The van der Waals surface area contributed by atoms with Crippen LogP contribution in [0.4, 0.5) is 0 Å². The topological polar surface area (TPSA) is 61.3 Å². The highest BCUT2D eigenvalue weighted by Gasteiger charge is 2.26. The van der Waals surface area contributed by atoms with Gasteiger partial charge in [0, 0.05) is 23.6 Å². The maximum Gasteiger partial charge on any atom is 0.253 e. The molecule has 1 aromatic carbocycles. The average molecular weight is 323 g/mol. The zero-order valence-corrected chi connectivity index (χ0v) is 13.5. The van der Waals surface area contributed by atoms with Crippen LogP contribution in [-0.4, -0.2) is 35.4 Å². The molecular formula is C19H21N3O2. The molecule has 0 radical (unpaired) electrons. The van der Waals surface area contributed by atoms with Crippen molar-refractivity contribution < 1.29 is 9.21 Å². The maximum atomic E-state index is 12.6. The zero-order valence-electron chi connectivity index (χ0n) is 13.5. The number of H-pyrrole nitrogens is 1. The van der Waals surface area contributed by atoms with Crippen LogP contribution in [0.25, 0.3) is 10.9 Å². The fourth-order valence-electron chi connectivity index (χ4n) is 3.49. The molecule has 3 aromatic rings. The summed E-state index contributed by atoms with van der Waals surface area (Å²) in [6.07, 6.45) is 5.87. The Morgan fingerprint density at radius 3 is 2.83 bits per heavy atom. The fourth-order valence-corrected chi connectivity index (χ4v) is 3.49. The Morgan fingerprint density at radius 2 is 2.04 bits per heavy atom. The van der Waals surface area contributed by atoms with Gasteiger partial charge in [-0.1, -0.05) is 18.2 Å². The molecule has 1 saturated heterocycles. The first kappa shape index (κ1) is 15.0. The lowest BCUT2D eigenvalue weighted by Gasteiger charge is -2.25. The van der Waals surface area contributed by atoms with Gasteiger partial charge in [-0.15, -0.1) is 0 Å². The van der Waals surface area contributed by atoms with Gasteiger partial charge in [-0.25, -0.2) is 0 Å².